The Bertz CT molecular complexity index is 938. The van der Waals surface area contributed by atoms with Gasteiger partial charge in [-0.3, -0.25) is 5.32 Å². The highest BCUT2D eigenvalue weighted by molar-refractivity contribution is 7.80. The summed E-state index contributed by atoms with van der Waals surface area (Å²) in [5, 5.41) is 12.1. The molecule has 0 aliphatic heterocycles. The van der Waals surface area contributed by atoms with E-state index in [0.717, 1.165) is 11.3 Å². The first-order chi connectivity index (χ1) is 12.9. The molecule has 8 heteroatoms. The fourth-order valence-corrected chi connectivity index (χ4v) is 3.15. The Hall–Kier alpha value is -2.15. The first-order valence-corrected chi connectivity index (χ1v) is 9.58. The minimum Gasteiger partial charge on any atom is -0.332 e. The number of nitrogens with zero attached hydrogens (tertiary/aromatic N) is 3. The van der Waals surface area contributed by atoms with Crippen molar-refractivity contribution in [2.45, 2.75) is 26.3 Å². The Labute approximate surface area is 173 Å². The van der Waals surface area contributed by atoms with E-state index in [4.69, 9.17) is 35.4 Å². The van der Waals surface area contributed by atoms with E-state index < -0.39 is 0 Å². The van der Waals surface area contributed by atoms with Crippen LogP contribution in [-0.4, -0.2) is 19.9 Å². The Morgan fingerprint density at radius 3 is 2.52 bits per heavy atom. The molecule has 0 aliphatic rings. The van der Waals surface area contributed by atoms with Crippen molar-refractivity contribution in [3.8, 4) is 0 Å². The van der Waals surface area contributed by atoms with Gasteiger partial charge >= 0.3 is 0 Å². The third-order valence-electron chi connectivity index (χ3n) is 3.94. The molecular formula is C19H19Cl2N5S. The molecule has 0 saturated carbocycles. The number of aromatic nitrogens is 3. The summed E-state index contributed by atoms with van der Waals surface area (Å²) in [6, 6.07) is 13.5. The van der Waals surface area contributed by atoms with Crippen LogP contribution < -0.4 is 10.6 Å². The predicted octanol–water partition coefficient (Wildman–Crippen LogP) is 5.57. The Balaban J connectivity index is 1.59. The molecule has 0 fully saturated rings. The lowest BCUT2D eigenvalue weighted by Gasteiger charge is -2.10. The smallest absolute Gasteiger partial charge is 0.248 e. The van der Waals surface area contributed by atoms with Gasteiger partial charge in [-0.2, -0.15) is 0 Å². The molecule has 1 heterocycles. The van der Waals surface area contributed by atoms with Crippen LogP contribution in [0.5, 0.6) is 0 Å². The van der Waals surface area contributed by atoms with Crippen molar-refractivity contribution < 1.29 is 0 Å². The van der Waals surface area contributed by atoms with E-state index in [1.54, 1.807) is 23.1 Å². The van der Waals surface area contributed by atoms with Crippen LogP contribution in [0.2, 0.25) is 10.0 Å². The number of benzene rings is 2. The highest BCUT2D eigenvalue weighted by atomic mass is 35.5. The van der Waals surface area contributed by atoms with E-state index in [1.165, 1.54) is 5.56 Å². The van der Waals surface area contributed by atoms with E-state index >= 15 is 0 Å². The molecule has 0 radical (unpaired) electrons. The Morgan fingerprint density at radius 1 is 1.11 bits per heavy atom. The SMILES string of the molecule is CC(C)c1ccc(NC(=S)Nc2ncn(Cc3ccc(Cl)cc3Cl)n2)cc1. The van der Waals surface area contributed by atoms with Crippen LogP contribution in [0.1, 0.15) is 30.9 Å². The van der Waals surface area contributed by atoms with Crippen LogP contribution in [0, 0.1) is 0 Å². The second-order valence-corrected chi connectivity index (χ2v) is 7.61. The summed E-state index contributed by atoms with van der Waals surface area (Å²) in [7, 11) is 0. The summed E-state index contributed by atoms with van der Waals surface area (Å²) in [6.45, 7) is 4.81. The number of rotatable bonds is 5. The summed E-state index contributed by atoms with van der Waals surface area (Å²) in [5.74, 6) is 0.905. The summed E-state index contributed by atoms with van der Waals surface area (Å²) < 4.78 is 1.68. The third-order valence-corrected chi connectivity index (χ3v) is 4.74. The predicted molar refractivity (Wildman–Crippen MR) is 116 cm³/mol. The van der Waals surface area contributed by atoms with Gasteiger partial charge in [-0.1, -0.05) is 55.2 Å². The molecule has 140 valence electrons. The van der Waals surface area contributed by atoms with Crippen LogP contribution in [-0.2, 0) is 6.54 Å². The van der Waals surface area contributed by atoms with Crippen molar-refractivity contribution in [1.82, 2.24) is 14.8 Å². The largest absolute Gasteiger partial charge is 0.332 e. The normalized spacial score (nSPS) is 10.9. The molecule has 0 atom stereocenters. The zero-order valence-electron chi connectivity index (χ0n) is 14.9. The highest BCUT2D eigenvalue weighted by Gasteiger charge is 2.07. The van der Waals surface area contributed by atoms with E-state index in [-0.39, 0.29) is 0 Å². The maximum Gasteiger partial charge on any atom is 0.248 e. The lowest BCUT2D eigenvalue weighted by molar-refractivity contribution is 0.687. The lowest BCUT2D eigenvalue weighted by atomic mass is 10.0. The van der Waals surface area contributed by atoms with Gasteiger partial charge in [-0.25, -0.2) is 9.67 Å². The van der Waals surface area contributed by atoms with Gasteiger partial charge in [0.25, 0.3) is 0 Å². The van der Waals surface area contributed by atoms with Gasteiger partial charge in [0, 0.05) is 15.7 Å². The van der Waals surface area contributed by atoms with Crippen molar-refractivity contribution in [3.63, 3.8) is 0 Å². The quantitative estimate of drug-likeness (QED) is 0.529. The van der Waals surface area contributed by atoms with Crippen molar-refractivity contribution in [1.29, 1.82) is 0 Å². The summed E-state index contributed by atoms with van der Waals surface area (Å²) in [4.78, 5) is 4.22. The molecule has 3 rings (SSSR count). The molecule has 0 bridgehead atoms. The molecule has 3 aromatic rings. The van der Waals surface area contributed by atoms with E-state index in [1.807, 2.05) is 18.2 Å². The molecule has 0 spiro atoms. The maximum atomic E-state index is 6.20. The third kappa shape index (κ3) is 5.42. The average Bonchev–Trinajstić information content (AvgIpc) is 3.04. The maximum absolute atomic E-state index is 6.20. The van der Waals surface area contributed by atoms with Crippen molar-refractivity contribution in [2.24, 2.45) is 0 Å². The van der Waals surface area contributed by atoms with E-state index in [9.17, 15) is 0 Å². The molecule has 0 unspecified atom stereocenters. The summed E-state index contributed by atoms with van der Waals surface area (Å²) in [5.41, 5.74) is 3.09. The van der Waals surface area contributed by atoms with E-state index in [0.29, 0.717) is 33.6 Å². The lowest BCUT2D eigenvalue weighted by Crippen LogP contribution is -2.20. The molecule has 0 saturated heterocycles. The van der Waals surface area contributed by atoms with Crippen molar-refractivity contribution in [3.05, 3.63) is 70.0 Å². The van der Waals surface area contributed by atoms with Gasteiger partial charge < -0.3 is 5.32 Å². The molecular weight excluding hydrogens is 401 g/mol. The first kappa shape index (κ1) is 19.6. The van der Waals surface area contributed by atoms with Gasteiger partial charge in [-0.15, -0.1) is 5.10 Å². The number of halogens is 2. The van der Waals surface area contributed by atoms with Crippen molar-refractivity contribution >= 4 is 52.2 Å². The fourth-order valence-electron chi connectivity index (χ4n) is 2.47. The monoisotopic (exact) mass is 419 g/mol. The number of hydrogen-bond donors (Lipinski definition) is 2. The second kappa shape index (κ2) is 8.69. The second-order valence-electron chi connectivity index (χ2n) is 6.36. The number of anilines is 2. The average molecular weight is 420 g/mol. The van der Waals surface area contributed by atoms with Crippen LogP contribution in [0.25, 0.3) is 0 Å². The highest BCUT2D eigenvalue weighted by Crippen LogP contribution is 2.21. The fraction of sp³-hybridized carbons (Fsp3) is 0.211. The standard InChI is InChI=1S/C19H19Cl2N5S/c1-12(2)13-4-7-16(8-5-13)23-19(27)24-18-22-11-26(25-18)10-14-3-6-15(20)9-17(14)21/h3-9,11-12H,10H2,1-2H3,(H2,23,24,25,27). The molecule has 2 N–H and O–H groups in total. The van der Waals surface area contributed by atoms with Gasteiger partial charge in [0.2, 0.25) is 5.95 Å². The van der Waals surface area contributed by atoms with Crippen LogP contribution in [0.4, 0.5) is 11.6 Å². The summed E-state index contributed by atoms with van der Waals surface area (Å²) in [6.07, 6.45) is 1.62. The zero-order valence-corrected chi connectivity index (χ0v) is 17.2. The van der Waals surface area contributed by atoms with Gasteiger partial charge in [0.1, 0.15) is 6.33 Å². The molecule has 1 aromatic heterocycles. The van der Waals surface area contributed by atoms with Gasteiger partial charge in [-0.05, 0) is 53.5 Å². The minimum absolute atomic E-state index is 0.413. The molecule has 5 nitrogen and oxygen atoms in total. The summed E-state index contributed by atoms with van der Waals surface area (Å²) >= 11 is 17.4. The zero-order chi connectivity index (χ0) is 19.4. The molecule has 27 heavy (non-hydrogen) atoms. The van der Waals surface area contributed by atoms with Gasteiger partial charge in [0.15, 0.2) is 5.11 Å². The number of thiocarbonyl (C=S) groups is 1. The topological polar surface area (TPSA) is 54.8 Å². The molecule has 2 aromatic carbocycles. The Morgan fingerprint density at radius 2 is 1.85 bits per heavy atom. The van der Waals surface area contributed by atoms with Crippen molar-refractivity contribution in [2.75, 3.05) is 10.6 Å². The Kier molecular flexibility index (Phi) is 6.31. The first-order valence-electron chi connectivity index (χ1n) is 8.42. The number of nitrogens with one attached hydrogen (secondary N) is 2. The van der Waals surface area contributed by atoms with Crippen LogP contribution in [0.15, 0.2) is 48.8 Å². The number of hydrogen-bond acceptors (Lipinski definition) is 3. The molecule has 0 amide bonds. The van der Waals surface area contributed by atoms with Crippen LogP contribution in [0.3, 0.4) is 0 Å². The van der Waals surface area contributed by atoms with E-state index in [2.05, 4.69) is 46.7 Å². The van der Waals surface area contributed by atoms with Crippen LogP contribution >= 0.6 is 35.4 Å². The minimum atomic E-state index is 0.413. The molecule has 0 aliphatic carbocycles. The van der Waals surface area contributed by atoms with Gasteiger partial charge in [0.05, 0.1) is 6.54 Å².